The molecule has 5 fully saturated rings. The van der Waals surface area contributed by atoms with Gasteiger partial charge >= 0.3 is 53.5 Å². The molecule has 5 saturated heterocycles. The fourth-order valence-corrected chi connectivity index (χ4v) is 9.46. The van der Waals surface area contributed by atoms with Crippen molar-refractivity contribution >= 4 is 53.5 Å². The maximum atomic E-state index is 12.7. The summed E-state index contributed by atoms with van der Waals surface area (Å²) in [5.74, 6) is -4.28. The third-order valence-electron chi connectivity index (χ3n) is 11.3. The van der Waals surface area contributed by atoms with Crippen molar-refractivity contribution in [2.45, 2.75) is 153 Å². The Morgan fingerprint density at radius 1 is 0.419 bits per heavy atom. The van der Waals surface area contributed by atoms with Gasteiger partial charge in [0.15, 0.2) is 49.8 Å². The van der Waals surface area contributed by atoms with E-state index in [4.69, 9.17) is 64.4 Å². The van der Waals surface area contributed by atoms with Crippen molar-refractivity contribution in [3.05, 3.63) is 0 Å². The third-order valence-corrected chi connectivity index (χ3v) is 13.1. The van der Waals surface area contributed by atoms with Gasteiger partial charge in [-0.2, -0.15) is 33.7 Å². The lowest BCUT2D eigenvalue weighted by molar-refractivity contribution is -0.371. The minimum absolute atomic E-state index is 1.09. The van der Waals surface area contributed by atoms with E-state index < -0.39 is 227 Å². The predicted molar refractivity (Wildman–Crippen MR) is 215 cm³/mol. The number of rotatable bonds is 21. The molecule has 0 amide bonds. The molecule has 25 atom stereocenters. The third kappa shape index (κ3) is 15.5. The Hall–Kier alpha value is -2.38. The van der Waals surface area contributed by atoms with Crippen LogP contribution in [0.2, 0.25) is 0 Å². The van der Waals surface area contributed by atoms with Gasteiger partial charge in [0, 0.05) is 0 Å². The van der Waals surface area contributed by atoms with E-state index in [0.717, 1.165) is 0 Å². The van der Waals surface area contributed by atoms with Gasteiger partial charge in [-0.1, -0.05) is 0 Å². The molecule has 0 radical (unpaired) electrons. The number of aliphatic hydroxyl groups excluding tert-OH is 8. The number of carboxylic acids is 2. The zero-order valence-corrected chi connectivity index (χ0v) is 39.8. The monoisotopic (exact) mass is 1170 g/mol. The summed E-state index contributed by atoms with van der Waals surface area (Å²) in [7, 11) is -22.5. The van der Waals surface area contributed by atoms with Crippen LogP contribution in [0.3, 0.4) is 0 Å². The van der Waals surface area contributed by atoms with Crippen molar-refractivity contribution in [1.29, 1.82) is 0 Å². The average molecular weight is 1170 g/mol. The van der Waals surface area contributed by atoms with E-state index in [1.54, 1.807) is 0 Å². The van der Waals surface area contributed by atoms with Crippen molar-refractivity contribution in [1.82, 2.24) is 0 Å². The molecule has 5 rings (SSSR count). The molecule has 20 N–H and O–H groups in total. The summed E-state index contributed by atoms with van der Waals surface area (Å²) in [6, 6.07) is -6.11. The molecular weight excluding hydrogens is 1120 g/mol. The highest BCUT2D eigenvalue weighted by atomic mass is 32.3. The van der Waals surface area contributed by atoms with Gasteiger partial charge in [0.2, 0.25) is 0 Å². The summed E-state index contributed by atoms with van der Waals surface area (Å²) in [4.78, 5) is 25.2. The molecule has 5 aliphatic rings. The number of hydrogen-bond donors (Lipinski definition) is 17. The molecule has 5 aliphatic heterocycles. The zero-order chi connectivity index (χ0) is 55.9. The lowest BCUT2D eigenvalue weighted by Crippen LogP contribution is -2.70. The highest BCUT2D eigenvalue weighted by molar-refractivity contribution is 7.81. The van der Waals surface area contributed by atoms with Crippen molar-refractivity contribution in [2.24, 2.45) is 17.2 Å². The quantitative estimate of drug-likeness (QED) is 0.0475. The van der Waals surface area contributed by atoms with Gasteiger partial charge < -0.3 is 111 Å². The first kappa shape index (κ1) is 62.5. The Balaban J connectivity index is 1.46. The first-order valence-electron chi connectivity index (χ1n) is 20.5. The minimum Gasteiger partial charge on any atom is -0.479 e. The number of carbonyl (C=O) groups is 2. The van der Waals surface area contributed by atoms with Gasteiger partial charge in [-0.15, -0.1) is 0 Å². The lowest BCUT2D eigenvalue weighted by Gasteiger charge is -2.49. The fourth-order valence-electron chi connectivity index (χ4n) is 7.84. The summed E-state index contributed by atoms with van der Waals surface area (Å²) in [6.45, 7) is -3.98. The molecule has 0 unspecified atom stereocenters. The number of nitrogens with two attached hydrogens (primary N) is 3. The number of ether oxygens (including phenoxy) is 9. The van der Waals surface area contributed by atoms with Crippen LogP contribution in [0.15, 0.2) is 0 Å². The molecule has 0 aromatic heterocycles. The van der Waals surface area contributed by atoms with Gasteiger partial charge in [0.1, 0.15) is 85.5 Å². The van der Waals surface area contributed by atoms with Crippen LogP contribution in [-0.2, 0) is 111 Å². The Kier molecular flexibility index (Phi) is 20.5. The second kappa shape index (κ2) is 24.3. The molecule has 0 aromatic carbocycles. The van der Waals surface area contributed by atoms with Crippen LogP contribution in [0.1, 0.15) is 0 Å². The van der Waals surface area contributed by atoms with Crippen molar-refractivity contribution in [2.75, 3.05) is 19.8 Å². The molecule has 74 heavy (non-hydrogen) atoms. The standard InChI is InChI=1S/C30H51N3O37S4/c31-7-12(37)16(4(1-34)60-26(7)45)63-30-21(70-74(55,56)57)15(40)20(23(68-30)25(43)44)66-28-9(33)18(69-73(52,53)54)17(6(62-28)3-59-72(49,50)51)64-29-14(39)13(38)19(22(67-29)24(41)42)65-27-8(32)11(36)10(35)5(61-27)2-58-71(46,47)48/h4-23,26-30,34-40,45H,1-3,31-33H2,(H,41,42)(H,43,44)(H,46,47,48)(H,49,50,51)(H,52,53,54)(H,55,56,57)/t4-,5-,6-,7-,8-,9-,10-,11-,12-,13-,14-,15+,16-,17-,18-,19+,20+,21-,22+,23-,26+,27-,28-,29+,30-/m1/s1. The van der Waals surface area contributed by atoms with E-state index in [-0.39, 0.29) is 0 Å². The van der Waals surface area contributed by atoms with E-state index in [1.807, 2.05) is 0 Å². The van der Waals surface area contributed by atoms with Crippen LogP contribution in [0.5, 0.6) is 0 Å². The molecule has 0 spiro atoms. The molecule has 0 saturated carbocycles. The number of aliphatic hydroxyl groups is 8. The molecule has 0 bridgehead atoms. The van der Waals surface area contributed by atoms with Crippen LogP contribution in [0.4, 0.5) is 0 Å². The van der Waals surface area contributed by atoms with Crippen LogP contribution >= 0.6 is 0 Å². The second-order valence-electron chi connectivity index (χ2n) is 16.3. The Morgan fingerprint density at radius 3 is 1.36 bits per heavy atom. The highest BCUT2D eigenvalue weighted by Crippen LogP contribution is 2.37. The van der Waals surface area contributed by atoms with Gasteiger partial charge in [-0.3, -0.25) is 18.2 Å². The molecular formula is C30H51N3O37S4. The summed E-state index contributed by atoms with van der Waals surface area (Å²) >= 11 is 0. The Labute approximate surface area is 414 Å². The second-order valence-corrected chi connectivity index (χ2v) is 20.6. The molecule has 0 aliphatic carbocycles. The van der Waals surface area contributed by atoms with E-state index in [0.29, 0.717) is 0 Å². The average Bonchev–Trinajstić information content (AvgIpc) is 3.27. The highest BCUT2D eigenvalue weighted by Gasteiger charge is 2.59. The first-order chi connectivity index (χ1) is 33.9. The molecule has 5 heterocycles. The summed E-state index contributed by atoms with van der Waals surface area (Å²) in [5, 5.41) is 105. The van der Waals surface area contributed by atoms with E-state index in [2.05, 4.69) is 16.7 Å². The van der Waals surface area contributed by atoms with E-state index in [9.17, 15) is 108 Å². The Morgan fingerprint density at radius 2 is 0.865 bits per heavy atom. The van der Waals surface area contributed by atoms with Crippen molar-refractivity contribution in [3.8, 4) is 0 Å². The first-order valence-corrected chi connectivity index (χ1v) is 25.9. The van der Waals surface area contributed by atoms with E-state index in [1.165, 1.54) is 0 Å². The van der Waals surface area contributed by atoms with Gasteiger partial charge in [-0.05, 0) is 0 Å². The largest absolute Gasteiger partial charge is 0.479 e. The summed E-state index contributed by atoms with van der Waals surface area (Å²) < 4.78 is 198. The molecule has 44 heteroatoms. The maximum Gasteiger partial charge on any atom is 0.397 e. The van der Waals surface area contributed by atoms with Gasteiger partial charge in [-0.25, -0.2) is 26.3 Å². The predicted octanol–water partition coefficient (Wildman–Crippen LogP) is -12.5. The number of carboxylic acid groups (broad SMARTS) is 2. The fraction of sp³-hybridized carbons (Fsp3) is 0.933. The topological polar surface area (TPSA) is 652 Å². The van der Waals surface area contributed by atoms with Gasteiger partial charge in [0.05, 0.1) is 37.9 Å². The van der Waals surface area contributed by atoms with Crippen molar-refractivity contribution in [3.63, 3.8) is 0 Å². The molecule has 432 valence electrons. The van der Waals surface area contributed by atoms with Crippen LogP contribution in [0, 0.1) is 0 Å². The smallest absolute Gasteiger partial charge is 0.397 e. The minimum atomic E-state index is -5.90. The number of aliphatic carboxylic acids is 2. The van der Waals surface area contributed by atoms with E-state index >= 15 is 0 Å². The van der Waals surface area contributed by atoms with Crippen LogP contribution in [0.25, 0.3) is 0 Å². The summed E-state index contributed by atoms with van der Waals surface area (Å²) in [6.07, 6.45) is -53.0. The SMILES string of the molecule is N[C@@H]1[C@@H](O)[C@H](O[C@@H]2O[C@@H](C(=O)O)[C@@H](O[C@H]3O[C@H](COS(=O)(=O)O)[C@@H](O[C@H]4O[C@H](C(=O)O)[C@@H](O[C@H]5O[C@H](COS(=O)(=O)O)[C@@H](O)[C@H](O)[C@H]5N)[C@H](O)[C@H]4O)[C@H](OS(=O)(=O)O)[C@H]3N)[C@H](O)[C@H]2OS(=O)(=O)O)[C@@H](CO)O[C@@H]1O. The normalized spacial score (nSPS) is 43.9. The lowest BCUT2D eigenvalue weighted by atomic mass is 9.94. The van der Waals surface area contributed by atoms with Crippen LogP contribution < -0.4 is 17.2 Å². The summed E-state index contributed by atoms with van der Waals surface area (Å²) in [5.41, 5.74) is 17.7. The van der Waals surface area contributed by atoms with Gasteiger partial charge in [0.25, 0.3) is 0 Å². The Bertz CT molecular complexity index is 2390. The number of hydrogen-bond acceptors (Lipinski definition) is 34. The molecule has 0 aromatic rings. The van der Waals surface area contributed by atoms with Crippen LogP contribution in [-0.4, -0.2) is 288 Å². The van der Waals surface area contributed by atoms with Crippen molar-refractivity contribution < 1.29 is 172 Å². The molecule has 40 nitrogen and oxygen atoms in total. The zero-order valence-electron chi connectivity index (χ0n) is 36.6. The maximum absolute atomic E-state index is 12.7.